The van der Waals surface area contributed by atoms with Crippen molar-refractivity contribution in [2.75, 3.05) is 6.61 Å². The van der Waals surface area contributed by atoms with Gasteiger partial charge in [-0.05, 0) is 31.5 Å². The summed E-state index contributed by atoms with van der Waals surface area (Å²) in [5.41, 5.74) is 7.25. The average molecular weight is 392 g/mol. The number of amides is 1. The van der Waals surface area contributed by atoms with Crippen LogP contribution in [0.5, 0.6) is 0 Å². The van der Waals surface area contributed by atoms with Crippen molar-refractivity contribution in [1.29, 1.82) is 5.26 Å². The van der Waals surface area contributed by atoms with Crippen LogP contribution in [0.15, 0.2) is 48.5 Å². The van der Waals surface area contributed by atoms with Crippen LogP contribution in [-0.2, 0) is 22.6 Å². The van der Waals surface area contributed by atoms with Crippen molar-refractivity contribution < 1.29 is 9.53 Å². The summed E-state index contributed by atoms with van der Waals surface area (Å²) in [5.74, 6) is 0.164. The van der Waals surface area contributed by atoms with Gasteiger partial charge in [0.05, 0.1) is 31.2 Å². The summed E-state index contributed by atoms with van der Waals surface area (Å²) in [6.45, 7) is 3.83. The highest BCUT2D eigenvalue weighted by atomic mass is 16.5. The Balaban J connectivity index is 1.89. The summed E-state index contributed by atoms with van der Waals surface area (Å²) in [4.78, 5) is 12.5. The van der Waals surface area contributed by atoms with Crippen molar-refractivity contribution in [3.8, 4) is 6.07 Å². The van der Waals surface area contributed by atoms with Gasteiger partial charge in [0.15, 0.2) is 11.5 Å². The third-order valence-electron chi connectivity index (χ3n) is 4.39. The van der Waals surface area contributed by atoms with Crippen LogP contribution in [0.3, 0.4) is 0 Å². The lowest BCUT2D eigenvalue weighted by molar-refractivity contribution is -0.126. The molecule has 2 heterocycles. The third-order valence-corrected chi connectivity index (χ3v) is 4.39. The lowest BCUT2D eigenvalue weighted by Gasteiger charge is -2.24. The van der Waals surface area contributed by atoms with Gasteiger partial charge in [-0.2, -0.15) is 5.26 Å². The number of ether oxygens (including phenoxy) is 1. The molecule has 0 saturated carbocycles. The molecule has 150 valence electrons. The van der Waals surface area contributed by atoms with E-state index in [1.165, 1.54) is 0 Å². The molecule has 3 N–H and O–H groups in total. The van der Waals surface area contributed by atoms with E-state index >= 15 is 0 Å². The number of nitriles is 1. The maximum atomic E-state index is 12.5. The third kappa shape index (κ3) is 4.96. The van der Waals surface area contributed by atoms with Crippen molar-refractivity contribution in [3.05, 3.63) is 65.6 Å². The van der Waals surface area contributed by atoms with Crippen LogP contribution >= 0.6 is 0 Å². The largest absolute Gasteiger partial charge is 0.374 e. The van der Waals surface area contributed by atoms with E-state index in [1.54, 1.807) is 24.3 Å². The fourth-order valence-electron chi connectivity index (χ4n) is 2.87. The Morgan fingerprint density at radius 2 is 2.00 bits per heavy atom. The molecule has 0 unspecified atom stereocenters. The van der Waals surface area contributed by atoms with E-state index in [0.717, 1.165) is 11.3 Å². The molecule has 0 fully saturated rings. The number of hydrogen-bond acceptors (Lipinski definition) is 6. The zero-order valence-corrected chi connectivity index (χ0v) is 16.5. The van der Waals surface area contributed by atoms with Crippen LogP contribution in [0.2, 0.25) is 0 Å². The highest BCUT2D eigenvalue weighted by Crippen LogP contribution is 2.18. The number of nitrogens with zero attached hydrogens (tertiary/aromatic N) is 4. The number of rotatable bonds is 8. The molecule has 0 bridgehead atoms. The number of carbonyl (C=O) groups excluding carboxylic acids is 1. The highest BCUT2D eigenvalue weighted by molar-refractivity contribution is 5.85. The zero-order chi connectivity index (χ0) is 20.9. The van der Waals surface area contributed by atoms with Gasteiger partial charge in [0.25, 0.3) is 0 Å². The van der Waals surface area contributed by atoms with Gasteiger partial charge in [-0.1, -0.05) is 36.4 Å². The first-order valence-electron chi connectivity index (χ1n) is 9.31. The normalized spacial score (nSPS) is 12.5. The van der Waals surface area contributed by atoms with E-state index in [0.29, 0.717) is 18.1 Å². The monoisotopic (exact) mass is 392 g/mol. The number of hydrogen-bond donors (Lipinski definition) is 2. The lowest BCUT2D eigenvalue weighted by atomic mass is 10.1. The Bertz CT molecular complexity index is 1020. The molecule has 1 aromatic carbocycles. The summed E-state index contributed by atoms with van der Waals surface area (Å²) >= 11 is 0. The van der Waals surface area contributed by atoms with E-state index in [9.17, 15) is 4.79 Å². The predicted octanol–water partition coefficient (Wildman–Crippen LogP) is 1.91. The Labute approximate surface area is 169 Å². The van der Waals surface area contributed by atoms with Gasteiger partial charge in [0, 0.05) is 5.69 Å². The first-order valence-corrected chi connectivity index (χ1v) is 9.31. The van der Waals surface area contributed by atoms with Gasteiger partial charge in [0.2, 0.25) is 5.91 Å². The quantitative estimate of drug-likeness (QED) is 0.604. The van der Waals surface area contributed by atoms with Crippen molar-refractivity contribution in [1.82, 2.24) is 19.9 Å². The molecule has 0 saturated heterocycles. The second-order valence-corrected chi connectivity index (χ2v) is 7.35. The van der Waals surface area contributed by atoms with Crippen molar-refractivity contribution in [2.45, 2.75) is 38.5 Å². The minimum atomic E-state index is -1.06. The number of benzene rings is 1. The fraction of sp³-hybridized carbons (Fsp3) is 0.333. The molecule has 3 aromatic rings. The van der Waals surface area contributed by atoms with Crippen molar-refractivity contribution in [3.63, 3.8) is 0 Å². The highest BCUT2D eigenvalue weighted by Gasteiger charge is 2.28. The maximum Gasteiger partial charge on any atom is 0.240 e. The Kier molecular flexibility index (Phi) is 6.22. The summed E-state index contributed by atoms with van der Waals surface area (Å²) in [5, 5.41) is 20.5. The molecule has 0 spiro atoms. The van der Waals surface area contributed by atoms with E-state index in [2.05, 4.69) is 21.6 Å². The molecular weight excluding hydrogens is 368 g/mol. The molecule has 2 aromatic heterocycles. The Morgan fingerprint density at radius 3 is 2.69 bits per heavy atom. The van der Waals surface area contributed by atoms with E-state index in [4.69, 9.17) is 15.7 Å². The smallest absolute Gasteiger partial charge is 0.240 e. The molecular formula is C21H24N6O2. The lowest BCUT2D eigenvalue weighted by Crippen LogP contribution is -2.51. The molecule has 0 radical (unpaired) electrons. The minimum absolute atomic E-state index is 0.179. The van der Waals surface area contributed by atoms with Crippen LogP contribution in [0.25, 0.3) is 5.65 Å². The predicted molar refractivity (Wildman–Crippen MR) is 108 cm³/mol. The molecule has 3 rings (SSSR count). The van der Waals surface area contributed by atoms with Crippen molar-refractivity contribution in [2.24, 2.45) is 5.73 Å². The van der Waals surface area contributed by atoms with Gasteiger partial charge in [-0.15, -0.1) is 10.2 Å². The molecule has 0 aliphatic rings. The number of aromatic nitrogens is 3. The number of nitrogens with one attached hydrogen (secondary N) is 1. The molecule has 8 heteroatoms. The average Bonchev–Trinajstić information content (AvgIpc) is 3.12. The number of pyridine rings is 1. The number of fused-ring (bicyclic) bond motifs is 1. The van der Waals surface area contributed by atoms with E-state index < -0.39 is 11.6 Å². The first kappa shape index (κ1) is 20.5. The van der Waals surface area contributed by atoms with Gasteiger partial charge in [-0.25, -0.2) is 0 Å². The second kappa shape index (κ2) is 8.82. The SMILES string of the molecule is CC(C)(N)C(=O)N[C@H](COCc1ccccc1)c1nnc2cccc(CC#N)n12. The van der Waals surface area contributed by atoms with Crippen molar-refractivity contribution >= 4 is 11.6 Å². The van der Waals surface area contributed by atoms with Gasteiger partial charge < -0.3 is 15.8 Å². The summed E-state index contributed by atoms with van der Waals surface area (Å²) in [6.07, 6.45) is 0.191. The van der Waals surface area contributed by atoms with E-state index in [-0.39, 0.29) is 18.9 Å². The van der Waals surface area contributed by atoms with Crippen LogP contribution in [0, 0.1) is 11.3 Å². The molecule has 0 aliphatic carbocycles. The molecule has 1 atom stereocenters. The number of carbonyl (C=O) groups is 1. The molecule has 29 heavy (non-hydrogen) atoms. The second-order valence-electron chi connectivity index (χ2n) is 7.35. The standard InChI is InChI=1S/C21H24N6O2/c1-21(2,23)20(28)24-17(14-29-13-15-7-4-3-5-8-15)19-26-25-18-10-6-9-16(11-12-22)27(18)19/h3-10,17H,11,13-14,23H2,1-2H3,(H,24,28)/t17-/m1/s1. The summed E-state index contributed by atoms with van der Waals surface area (Å²) in [7, 11) is 0. The molecule has 0 aliphatic heterocycles. The maximum absolute atomic E-state index is 12.5. The Hall–Kier alpha value is -3.28. The van der Waals surface area contributed by atoms with Crippen LogP contribution < -0.4 is 11.1 Å². The minimum Gasteiger partial charge on any atom is -0.374 e. The van der Waals surface area contributed by atoms with Gasteiger partial charge in [-0.3, -0.25) is 9.20 Å². The fourth-order valence-corrected chi connectivity index (χ4v) is 2.87. The van der Waals surface area contributed by atoms with Crippen LogP contribution in [0.1, 0.15) is 37.0 Å². The topological polar surface area (TPSA) is 118 Å². The number of nitrogens with two attached hydrogens (primary N) is 1. The van der Waals surface area contributed by atoms with Crippen LogP contribution in [0.4, 0.5) is 0 Å². The molecule has 1 amide bonds. The zero-order valence-electron chi connectivity index (χ0n) is 16.5. The Morgan fingerprint density at radius 1 is 1.24 bits per heavy atom. The summed E-state index contributed by atoms with van der Waals surface area (Å²) in [6, 6.07) is 16.8. The molecule has 8 nitrogen and oxygen atoms in total. The summed E-state index contributed by atoms with van der Waals surface area (Å²) < 4.78 is 7.65. The van der Waals surface area contributed by atoms with Gasteiger partial charge in [0.1, 0.15) is 6.04 Å². The van der Waals surface area contributed by atoms with E-state index in [1.807, 2.05) is 42.5 Å². The first-order chi connectivity index (χ1) is 13.9. The van der Waals surface area contributed by atoms with Gasteiger partial charge >= 0.3 is 0 Å². The van der Waals surface area contributed by atoms with Crippen LogP contribution in [-0.4, -0.2) is 32.7 Å².